The van der Waals surface area contributed by atoms with E-state index >= 15 is 0 Å². The van der Waals surface area contributed by atoms with Gasteiger partial charge in [0.25, 0.3) is 0 Å². The number of hydrogen-bond donors (Lipinski definition) is 2. The van der Waals surface area contributed by atoms with E-state index in [0.29, 0.717) is 17.1 Å². The van der Waals surface area contributed by atoms with Gasteiger partial charge in [-0.1, -0.05) is 29.8 Å². The molecule has 0 aliphatic carbocycles. The van der Waals surface area contributed by atoms with Crippen LogP contribution in [0.4, 0.5) is 0 Å². The summed E-state index contributed by atoms with van der Waals surface area (Å²) in [7, 11) is 1.41. The van der Waals surface area contributed by atoms with Crippen molar-refractivity contribution in [1.82, 2.24) is 5.43 Å². The molecule has 7 nitrogen and oxygen atoms in total. The summed E-state index contributed by atoms with van der Waals surface area (Å²) in [6, 6.07) is 15.5. The molecule has 8 heteroatoms. The van der Waals surface area contributed by atoms with Crippen molar-refractivity contribution in [3.05, 3.63) is 76.7 Å². The first-order valence-electron chi connectivity index (χ1n) is 8.23. The molecule has 144 valence electrons. The Labute approximate surface area is 166 Å². The Bertz CT molecular complexity index is 986. The molecule has 0 unspecified atom stereocenters. The second kappa shape index (κ2) is 8.96. The van der Waals surface area contributed by atoms with Crippen LogP contribution in [-0.2, 0) is 6.61 Å². The van der Waals surface area contributed by atoms with E-state index in [1.54, 1.807) is 6.07 Å². The third-order valence-corrected chi connectivity index (χ3v) is 3.95. The molecule has 0 saturated carbocycles. The van der Waals surface area contributed by atoms with Crippen molar-refractivity contribution in [2.45, 2.75) is 6.61 Å². The van der Waals surface area contributed by atoms with Crippen molar-refractivity contribution in [1.29, 1.82) is 0 Å². The largest absolute Gasteiger partial charge is 0.503 e. The lowest BCUT2D eigenvalue weighted by atomic mass is 10.2. The summed E-state index contributed by atoms with van der Waals surface area (Å²) in [6.07, 6.45) is 1.37. The van der Waals surface area contributed by atoms with Gasteiger partial charge in [-0.15, -0.1) is 0 Å². The van der Waals surface area contributed by atoms with Crippen LogP contribution < -0.4 is 14.9 Å². The number of para-hydroxylation sites is 1. The van der Waals surface area contributed by atoms with Crippen LogP contribution in [0.15, 0.2) is 64.1 Å². The van der Waals surface area contributed by atoms with Crippen LogP contribution in [0, 0.1) is 0 Å². The lowest BCUT2D eigenvalue weighted by Crippen LogP contribution is -2.16. The minimum Gasteiger partial charge on any atom is -0.503 e. The number of carbonyl (C=O) groups is 1. The van der Waals surface area contributed by atoms with Gasteiger partial charge in [-0.2, -0.15) is 5.10 Å². The molecule has 0 aliphatic heterocycles. The quantitative estimate of drug-likeness (QED) is 0.462. The fourth-order valence-corrected chi connectivity index (χ4v) is 2.51. The fraction of sp³-hybridized carbons (Fsp3) is 0.100. The molecule has 0 aliphatic rings. The van der Waals surface area contributed by atoms with E-state index in [-0.39, 0.29) is 28.9 Å². The average Bonchev–Trinajstić information content (AvgIpc) is 3.19. The Hall–Kier alpha value is -3.45. The third kappa shape index (κ3) is 4.83. The maximum Gasteiger partial charge on any atom is 0.307 e. The predicted octanol–water partition coefficient (Wildman–Crippen LogP) is 3.99. The summed E-state index contributed by atoms with van der Waals surface area (Å²) in [4.78, 5) is 12.1. The van der Waals surface area contributed by atoms with E-state index in [0.717, 1.165) is 0 Å². The molecule has 2 N–H and O–H groups in total. The van der Waals surface area contributed by atoms with Gasteiger partial charge in [0.2, 0.25) is 0 Å². The first-order valence-corrected chi connectivity index (χ1v) is 8.61. The van der Waals surface area contributed by atoms with Crippen LogP contribution in [0.2, 0.25) is 5.02 Å². The molecule has 3 aromatic rings. The van der Waals surface area contributed by atoms with Gasteiger partial charge in [0.1, 0.15) is 18.1 Å². The highest BCUT2D eigenvalue weighted by atomic mass is 35.5. The molecule has 0 bridgehead atoms. The molecule has 28 heavy (non-hydrogen) atoms. The van der Waals surface area contributed by atoms with Gasteiger partial charge in [0.05, 0.1) is 18.3 Å². The number of nitrogens with zero attached hydrogens (tertiary/aromatic N) is 1. The minimum atomic E-state index is -0.515. The SMILES string of the molecule is COc1cc(/C=N/NC(=O)c2ccc(COc3ccccc3)o2)cc(Cl)c1O. The van der Waals surface area contributed by atoms with Crippen LogP contribution in [0.3, 0.4) is 0 Å². The summed E-state index contributed by atoms with van der Waals surface area (Å²) < 4.78 is 16.0. The first-order chi connectivity index (χ1) is 13.6. The van der Waals surface area contributed by atoms with Gasteiger partial charge >= 0.3 is 5.91 Å². The number of nitrogens with one attached hydrogen (secondary N) is 1. The number of aromatic hydroxyl groups is 1. The number of hydrazone groups is 1. The van der Waals surface area contributed by atoms with E-state index in [1.165, 1.54) is 31.5 Å². The summed E-state index contributed by atoms with van der Waals surface area (Å²) in [5.74, 6) is 0.843. The summed E-state index contributed by atoms with van der Waals surface area (Å²) in [5, 5.41) is 13.7. The second-order valence-electron chi connectivity index (χ2n) is 5.62. The molecule has 1 heterocycles. The molecule has 1 amide bonds. The van der Waals surface area contributed by atoms with Gasteiger partial charge in [0, 0.05) is 0 Å². The number of hydrogen-bond acceptors (Lipinski definition) is 6. The predicted molar refractivity (Wildman–Crippen MR) is 104 cm³/mol. The number of methoxy groups -OCH3 is 1. The van der Waals surface area contributed by atoms with Crippen molar-refractivity contribution < 1.29 is 23.8 Å². The fourth-order valence-electron chi connectivity index (χ4n) is 2.29. The Balaban J connectivity index is 1.57. The molecule has 0 atom stereocenters. The Morgan fingerprint density at radius 3 is 2.79 bits per heavy atom. The van der Waals surface area contributed by atoms with Crippen molar-refractivity contribution >= 4 is 23.7 Å². The molecular formula is C20H17ClN2O5. The lowest BCUT2D eigenvalue weighted by Gasteiger charge is -2.05. The Morgan fingerprint density at radius 2 is 2.04 bits per heavy atom. The van der Waals surface area contributed by atoms with Crippen LogP contribution in [0.1, 0.15) is 21.9 Å². The third-order valence-electron chi connectivity index (χ3n) is 3.66. The first kappa shape index (κ1) is 19.3. The zero-order valence-electron chi connectivity index (χ0n) is 14.9. The molecular weight excluding hydrogens is 384 g/mol. The van der Waals surface area contributed by atoms with Gasteiger partial charge < -0.3 is 19.0 Å². The molecule has 0 spiro atoms. The smallest absolute Gasteiger partial charge is 0.307 e. The number of amides is 1. The monoisotopic (exact) mass is 400 g/mol. The summed E-state index contributed by atoms with van der Waals surface area (Å²) in [5.41, 5.74) is 2.89. The van der Waals surface area contributed by atoms with Gasteiger partial charge in [-0.3, -0.25) is 4.79 Å². The van der Waals surface area contributed by atoms with Crippen LogP contribution in [-0.4, -0.2) is 24.3 Å². The van der Waals surface area contributed by atoms with Crippen molar-refractivity contribution in [2.75, 3.05) is 7.11 Å². The topological polar surface area (TPSA) is 93.3 Å². The standard InChI is InChI=1S/C20H17ClN2O5/c1-26-18-10-13(9-16(21)19(18)24)11-22-23-20(25)17-8-7-15(28-17)12-27-14-5-3-2-4-6-14/h2-11,24H,12H2,1H3,(H,23,25)/b22-11+. The maximum absolute atomic E-state index is 12.1. The number of ether oxygens (including phenoxy) is 2. The lowest BCUT2D eigenvalue weighted by molar-refractivity contribution is 0.0923. The van der Waals surface area contributed by atoms with Crippen molar-refractivity contribution in [3.8, 4) is 17.2 Å². The molecule has 1 aromatic heterocycles. The van der Waals surface area contributed by atoms with Crippen LogP contribution in [0.25, 0.3) is 0 Å². The van der Waals surface area contributed by atoms with E-state index in [4.69, 9.17) is 25.5 Å². The van der Waals surface area contributed by atoms with Gasteiger partial charge in [-0.05, 0) is 42.0 Å². The molecule has 3 rings (SSSR count). The van der Waals surface area contributed by atoms with Gasteiger partial charge in [0.15, 0.2) is 17.3 Å². The Morgan fingerprint density at radius 1 is 1.25 bits per heavy atom. The highest BCUT2D eigenvalue weighted by Gasteiger charge is 2.11. The highest BCUT2D eigenvalue weighted by Crippen LogP contribution is 2.34. The number of benzene rings is 2. The minimum absolute atomic E-state index is 0.102. The van der Waals surface area contributed by atoms with Crippen molar-refractivity contribution in [3.63, 3.8) is 0 Å². The molecule has 2 aromatic carbocycles. The second-order valence-corrected chi connectivity index (χ2v) is 6.03. The molecule has 0 fully saturated rings. The number of carbonyl (C=O) groups excluding carboxylic acids is 1. The zero-order chi connectivity index (χ0) is 19.9. The average molecular weight is 401 g/mol. The van der Waals surface area contributed by atoms with Gasteiger partial charge in [-0.25, -0.2) is 5.43 Å². The van der Waals surface area contributed by atoms with Crippen LogP contribution in [0.5, 0.6) is 17.2 Å². The zero-order valence-corrected chi connectivity index (χ0v) is 15.6. The molecule has 0 radical (unpaired) electrons. The Kier molecular flexibility index (Phi) is 6.18. The number of phenolic OH excluding ortho intramolecular Hbond substituents is 1. The molecule has 0 saturated heterocycles. The highest BCUT2D eigenvalue weighted by molar-refractivity contribution is 6.32. The number of rotatable bonds is 7. The van der Waals surface area contributed by atoms with Crippen LogP contribution >= 0.6 is 11.6 Å². The number of halogens is 1. The van der Waals surface area contributed by atoms with E-state index < -0.39 is 5.91 Å². The number of furan rings is 1. The summed E-state index contributed by atoms with van der Waals surface area (Å²) >= 11 is 5.91. The number of phenols is 1. The van der Waals surface area contributed by atoms with E-state index in [9.17, 15) is 9.90 Å². The maximum atomic E-state index is 12.1. The van der Waals surface area contributed by atoms with E-state index in [2.05, 4.69) is 10.5 Å². The summed E-state index contributed by atoms with van der Waals surface area (Å²) in [6.45, 7) is 0.201. The normalized spacial score (nSPS) is 10.8. The van der Waals surface area contributed by atoms with E-state index in [1.807, 2.05) is 30.3 Å². The van der Waals surface area contributed by atoms with Crippen molar-refractivity contribution in [2.24, 2.45) is 5.10 Å².